The van der Waals surface area contributed by atoms with Crippen molar-refractivity contribution in [2.75, 3.05) is 13.1 Å². The van der Waals surface area contributed by atoms with Crippen molar-refractivity contribution < 1.29 is 9.53 Å². The van der Waals surface area contributed by atoms with Crippen molar-refractivity contribution in [3.8, 4) is 11.3 Å². The third-order valence-electron chi connectivity index (χ3n) is 4.29. The Hall–Kier alpha value is -2.18. The van der Waals surface area contributed by atoms with Gasteiger partial charge in [-0.05, 0) is 55.6 Å². The van der Waals surface area contributed by atoms with Crippen LogP contribution >= 0.6 is 11.6 Å². The molecule has 0 unspecified atom stereocenters. The summed E-state index contributed by atoms with van der Waals surface area (Å²) in [5, 5.41) is 3.20. The first-order chi connectivity index (χ1) is 12.4. The van der Waals surface area contributed by atoms with Gasteiger partial charge in [0.05, 0.1) is 31.0 Å². The topological polar surface area (TPSA) is 67.4 Å². The summed E-state index contributed by atoms with van der Waals surface area (Å²) in [4.78, 5) is 22.1. The number of rotatable bonds is 5. The lowest BCUT2D eigenvalue weighted by molar-refractivity contribution is -0.0641. The van der Waals surface area contributed by atoms with Crippen LogP contribution in [0.15, 0.2) is 30.5 Å². The lowest BCUT2D eigenvalue weighted by Crippen LogP contribution is -2.58. The zero-order valence-corrected chi connectivity index (χ0v) is 16.0. The standard InChI is InChI=1S/C19H23ClN4O2/c1-12(2)26-16-10-24(11-16)19(25)22-9-15-5-4-14(8-13(15)3)17-6-7-21-18(20)23-17/h4-8,12,16H,9-11H2,1-3H3,(H,22,25). The number of aryl methyl sites for hydroxylation is 1. The summed E-state index contributed by atoms with van der Waals surface area (Å²) in [5.41, 5.74) is 3.90. The number of carbonyl (C=O) groups excluding carboxylic acids is 1. The molecule has 26 heavy (non-hydrogen) atoms. The zero-order chi connectivity index (χ0) is 18.7. The van der Waals surface area contributed by atoms with Crippen LogP contribution in [0.4, 0.5) is 4.79 Å². The highest BCUT2D eigenvalue weighted by atomic mass is 35.5. The third kappa shape index (κ3) is 4.51. The summed E-state index contributed by atoms with van der Waals surface area (Å²) in [6.07, 6.45) is 1.98. The van der Waals surface area contributed by atoms with Gasteiger partial charge in [0.25, 0.3) is 0 Å². The number of halogens is 1. The van der Waals surface area contributed by atoms with Crippen LogP contribution in [0.1, 0.15) is 25.0 Å². The van der Waals surface area contributed by atoms with Gasteiger partial charge >= 0.3 is 6.03 Å². The number of likely N-dealkylation sites (tertiary alicyclic amines) is 1. The average Bonchev–Trinajstić information content (AvgIpc) is 2.56. The molecule has 0 spiro atoms. The molecular formula is C19H23ClN4O2. The van der Waals surface area contributed by atoms with E-state index < -0.39 is 0 Å². The van der Waals surface area contributed by atoms with Crippen LogP contribution in [-0.4, -0.2) is 46.2 Å². The van der Waals surface area contributed by atoms with Gasteiger partial charge in [0.2, 0.25) is 5.28 Å². The van der Waals surface area contributed by atoms with Crippen LogP contribution in [-0.2, 0) is 11.3 Å². The van der Waals surface area contributed by atoms with Crippen LogP contribution in [0.25, 0.3) is 11.3 Å². The van der Waals surface area contributed by atoms with Crippen molar-refractivity contribution >= 4 is 17.6 Å². The highest BCUT2D eigenvalue weighted by molar-refractivity contribution is 6.28. The molecular weight excluding hydrogens is 352 g/mol. The van der Waals surface area contributed by atoms with E-state index in [1.165, 1.54) is 0 Å². The largest absolute Gasteiger partial charge is 0.372 e. The van der Waals surface area contributed by atoms with Gasteiger partial charge in [0.15, 0.2) is 0 Å². The minimum absolute atomic E-state index is 0.0559. The molecule has 6 nitrogen and oxygen atoms in total. The summed E-state index contributed by atoms with van der Waals surface area (Å²) in [6.45, 7) is 7.81. The van der Waals surface area contributed by atoms with Crippen molar-refractivity contribution in [2.24, 2.45) is 0 Å². The van der Waals surface area contributed by atoms with Gasteiger partial charge in [0, 0.05) is 18.3 Å². The molecule has 1 aliphatic heterocycles. The molecule has 2 amide bonds. The third-order valence-corrected chi connectivity index (χ3v) is 4.48. The number of hydrogen-bond acceptors (Lipinski definition) is 4. The zero-order valence-electron chi connectivity index (χ0n) is 15.2. The quantitative estimate of drug-likeness (QED) is 0.814. The highest BCUT2D eigenvalue weighted by Crippen LogP contribution is 2.21. The Labute approximate surface area is 158 Å². The smallest absolute Gasteiger partial charge is 0.317 e. The van der Waals surface area contributed by atoms with Gasteiger partial charge < -0.3 is 15.0 Å². The molecule has 0 bridgehead atoms. The highest BCUT2D eigenvalue weighted by Gasteiger charge is 2.31. The minimum atomic E-state index is -0.0559. The van der Waals surface area contributed by atoms with Crippen molar-refractivity contribution in [3.63, 3.8) is 0 Å². The van der Waals surface area contributed by atoms with Crippen molar-refractivity contribution in [1.82, 2.24) is 20.2 Å². The van der Waals surface area contributed by atoms with E-state index in [2.05, 4.69) is 15.3 Å². The lowest BCUT2D eigenvalue weighted by Gasteiger charge is -2.39. The van der Waals surface area contributed by atoms with E-state index in [9.17, 15) is 4.79 Å². The first kappa shape index (κ1) is 18.6. The summed E-state index contributed by atoms with van der Waals surface area (Å²) in [5.74, 6) is 0. The van der Waals surface area contributed by atoms with Crippen LogP contribution in [0, 0.1) is 6.92 Å². The van der Waals surface area contributed by atoms with E-state index in [0.717, 1.165) is 22.4 Å². The molecule has 138 valence electrons. The van der Waals surface area contributed by atoms with Crippen LogP contribution in [0.3, 0.4) is 0 Å². The van der Waals surface area contributed by atoms with Gasteiger partial charge in [-0.1, -0.05) is 12.1 Å². The molecule has 1 N–H and O–H groups in total. The van der Waals surface area contributed by atoms with Crippen molar-refractivity contribution in [2.45, 2.75) is 39.5 Å². The van der Waals surface area contributed by atoms with Crippen LogP contribution < -0.4 is 5.32 Å². The Bertz CT molecular complexity index is 791. The van der Waals surface area contributed by atoms with E-state index in [0.29, 0.717) is 19.6 Å². The van der Waals surface area contributed by atoms with Gasteiger partial charge in [-0.2, -0.15) is 0 Å². The van der Waals surface area contributed by atoms with E-state index in [-0.39, 0.29) is 23.5 Å². The van der Waals surface area contributed by atoms with Gasteiger partial charge in [-0.25, -0.2) is 14.8 Å². The maximum absolute atomic E-state index is 12.2. The summed E-state index contributed by atoms with van der Waals surface area (Å²) in [6, 6.07) is 7.78. The Balaban J connectivity index is 1.55. The minimum Gasteiger partial charge on any atom is -0.372 e. The van der Waals surface area contributed by atoms with Crippen LogP contribution in [0.2, 0.25) is 5.28 Å². The molecule has 7 heteroatoms. The van der Waals surface area contributed by atoms with Gasteiger partial charge in [0.1, 0.15) is 0 Å². The van der Waals surface area contributed by atoms with E-state index in [4.69, 9.17) is 16.3 Å². The fourth-order valence-electron chi connectivity index (χ4n) is 2.91. The number of nitrogens with zero attached hydrogens (tertiary/aromatic N) is 3. The number of amides is 2. The van der Waals surface area contributed by atoms with E-state index in [1.54, 1.807) is 11.1 Å². The molecule has 2 heterocycles. The fraction of sp³-hybridized carbons (Fsp3) is 0.421. The van der Waals surface area contributed by atoms with Gasteiger partial charge in [-0.15, -0.1) is 0 Å². The first-order valence-electron chi connectivity index (χ1n) is 8.69. The molecule has 1 aromatic heterocycles. The molecule has 2 aromatic rings. The number of carbonyl (C=O) groups is 1. The number of aromatic nitrogens is 2. The molecule has 0 radical (unpaired) electrons. The van der Waals surface area contributed by atoms with Crippen molar-refractivity contribution in [3.05, 3.63) is 46.9 Å². The summed E-state index contributed by atoms with van der Waals surface area (Å²) < 4.78 is 5.67. The van der Waals surface area contributed by atoms with E-state index >= 15 is 0 Å². The molecule has 0 atom stereocenters. The molecule has 3 rings (SSSR count). The summed E-state index contributed by atoms with van der Waals surface area (Å²) >= 11 is 5.85. The summed E-state index contributed by atoms with van der Waals surface area (Å²) in [7, 11) is 0. The Morgan fingerprint density at radius 1 is 1.38 bits per heavy atom. The van der Waals surface area contributed by atoms with Gasteiger partial charge in [-0.3, -0.25) is 0 Å². The number of ether oxygens (including phenoxy) is 1. The maximum atomic E-state index is 12.2. The van der Waals surface area contributed by atoms with Crippen molar-refractivity contribution in [1.29, 1.82) is 0 Å². The SMILES string of the molecule is Cc1cc(-c2ccnc(Cl)n2)ccc1CNC(=O)N1CC(OC(C)C)C1. The Morgan fingerprint density at radius 3 is 2.81 bits per heavy atom. The number of urea groups is 1. The second kappa shape index (κ2) is 8.01. The average molecular weight is 375 g/mol. The fourth-order valence-corrected chi connectivity index (χ4v) is 3.05. The molecule has 1 fully saturated rings. The predicted octanol–water partition coefficient (Wildman–Crippen LogP) is 3.42. The first-order valence-corrected chi connectivity index (χ1v) is 9.07. The number of nitrogens with one attached hydrogen (secondary N) is 1. The molecule has 1 saturated heterocycles. The second-order valence-corrected chi connectivity index (χ2v) is 7.06. The predicted molar refractivity (Wildman–Crippen MR) is 101 cm³/mol. The van der Waals surface area contributed by atoms with Crippen LogP contribution in [0.5, 0.6) is 0 Å². The number of hydrogen-bond donors (Lipinski definition) is 1. The Kier molecular flexibility index (Phi) is 5.74. The monoisotopic (exact) mass is 374 g/mol. The Morgan fingerprint density at radius 2 is 2.15 bits per heavy atom. The molecule has 1 aromatic carbocycles. The van der Waals surface area contributed by atoms with E-state index in [1.807, 2.05) is 45.0 Å². The maximum Gasteiger partial charge on any atom is 0.317 e. The molecule has 1 aliphatic rings. The lowest BCUT2D eigenvalue weighted by atomic mass is 10.0. The number of benzene rings is 1. The molecule has 0 aliphatic carbocycles. The second-order valence-electron chi connectivity index (χ2n) is 6.72. The molecule has 0 saturated carbocycles. The normalized spacial score (nSPS) is 14.4.